The van der Waals surface area contributed by atoms with Gasteiger partial charge in [-0.1, -0.05) is 12.8 Å². The van der Waals surface area contributed by atoms with Crippen LogP contribution >= 0.6 is 0 Å². The van der Waals surface area contributed by atoms with Crippen LogP contribution in [0.2, 0.25) is 0 Å². The van der Waals surface area contributed by atoms with Gasteiger partial charge in [0.1, 0.15) is 0 Å². The Morgan fingerprint density at radius 1 is 1.44 bits per heavy atom. The topological polar surface area (TPSA) is 58.1 Å². The molecule has 1 aliphatic heterocycles. The molecule has 1 N–H and O–H groups in total. The van der Waals surface area contributed by atoms with Crippen LogP contribution in [0.3, 0.4) is 0 Å². The van der Waals surface area contributed by atoms with Crippen molar-refractivity contribution < 1.29 is 4.79 Å². The number of fused-ring (bicyclic) bond motifs is 1. The molecule has 1 aromatic rings. The van der Waals surface area contributed by atoms with Crippen LogP contribution in [0.4, 0.5) is 5.95 Å². The summed E-state index contributed by atoms with van der Waals surface area (Å²) in [6.07, 6.45) is 6.40. The van der Waals surface area contributed by atoms with E-state index in [9.17, 15) is 4.79 Å². The maximum atomic E-state index is 12.3. The quantitative estimate of drug-likeness (QED) is 0.883. The predicted molar refractivity (Wildman–Crippen MR) is 68.3 cm³/mol. The van der Waals surface area contributed by atoms with E-state index in [0.29, 0.717) is 24.1 Å². The van der Waals surface area contributed by atoms with Gasteiger partial charge in [0.15, 0.2) is 0 Å². The summed E-state index contributed by atoms with van der Waals surface area (Å²) in [5.74, 6) is 0.734. The van der Waals surface area contributed by atoms with Crippen molar-refractivity contribution in [2.75, 3.05) is 11.9 Å². The SMILES string of the molecule is CCNc1ncc2c(n1)CN(C1CCCC1)C2=O. The molecule has 1 aliphatic carbocycles. The van der Waals surface area contributed by atoms with Crippen LogP contribution in [0.1, 0.15) is 48.7 Å². The van der Waals surface area contributed by atoms with Crippen molar-refractivity contribution in [1.82, 2.24) is 14.9 Å². The van der Waals surface area contributed by atoms with Gasteiger partial charge in [-0.2, -0.15) is 0 Å². The van der Waals surface area contributed by atoms with Crippen LogP contribution < -0.4 is 5.32 Å². The van der Waals surface area contributed by atoms with Crippen molar-refractivity contribution >= 4 is 11.9 Å². The molecule has 1 amide bonds. The minimum absolute atomic E-state index is 0.111. The van der Waals surface area contributed by atoms with Crippen LogP contribution in [0.5, 0.6) is 0 Å². The molecule has 18 heavy (non-hydrogen) atoms. The van der Waals surface area contributed by atoms with E-state index in [2.05, 4.69) is 15.3 Å². The number of amides is 1. The fourth-order valence-corrected chi connectivity index (χ4v) is 2.86. The monoisotopic (exact) mass is 246 g/mol. The summed E-state index contributed by atoms with van der Waals surface area (Å²) in [6.45, 7) is 3.45. The Hall–Kier alpha value is -1.65. The van der Waals surface area contributed by atoms with Gasteiger partial charge in [-0.15, -0.1) is 0 Å². The standard InChI is InChI=1S/C13H18N4O/c1-2-14-13-15-7-10-11(16-13)8-17(12(10)18)9-5-3-4-6-9/h7,9H,2-6,8H2,1H3,(H,14,15,16). The highest BCUT2D eigenvalue weighted by Crippen LogP contribution is 2.30. The number of carbonyl (C=O) groups excluding carboxylic acids is 1. The van der Waals surface area contributed by atoms with Gasteiger partial charge in [0, 0.05) is 18.8 Å². The lowest BCUT2D eigenvalue weighted by Crippen LogP contribution is -2.33. The van der Waals surface area contributed by atoms with Crippen LogP contribution in [0.15, 0.2) is 6.20 Å². The van der Waals surface area contributed by atoms with Gasteiger partial charge in [0.2, 0.25) is 5.95 Å². The lowest BCUT2D eigenvalue weighted by Gasteiger charge is -2.22. The first kappa shape index (κ1) is 11.4. The molecular formula is C13H18N4O. The highest BCUT2D eigenvalue weighted by molar-refractivity contribution is 5.97. The largest absolute Gasteiger partial charge is 0.354 e. The van der Waals surface area contributed by atoms with E-state index in [1.54, 1.807) is 6.20 Å². The highest BCUT2D eigenvalue weighted by atomic mass is 16.2. The molecule has 0 atom stereocenters. The number of nitrogens with zero attached hydrogens (tertiary/aromatic N) is 3. The molecule has 0 spiro atoms. The molecule has 2 aliphatic rings. The van der Waals surface area contributed by atoms with E-state index < -0.39 is 0 Å². The van der Waals surface area contributed by atoms with E-state index in [1.807, 2.05) is 11.8 Å². The van der Waals surface area contributed by atoms with Crippen molar-refractivity contribution in [3.63, 3.8) is 0 Å². The zero-order valence-electron chi connectivity index (χ0n) is 10.6. The average Bonchev–Trinajstić information content (AvgIpc) is 2.98. The van der Waals surface area contributed by atoms with Crippen LogP contribution in [0.25, 0.3) is 0 Å². The van der Waals surface area contributed by atoms with Crippen LogP contribution in [-0.4, -0.2) is 33.4 Å². The summed E-state index contributed by atoms with van der Waals surface area (Å²) < 4.78 is 0. The second-order valence-electron chi connectivity index (χ2n) is 4.96. The van der Waals surface area contributed by atoms with Crippen molar-refractivity contribution in [2.45, 2.75) is 45.2 Å². The van der Waals surface area contributed by atoms with E-state index in [0.717, 1.165) is 25.1 Å². The summed E-state index contributed by atoms with van der Waals surface area (Å²) in [6, 6.07) is 0.411. The summed E-state index contributed by atoms with van der Waals surface area (Å²) in [5, 5.41) is 3.08. The predicted octanol–water partition coefficient (Wildman–Crippen LogP) is 1.81. The summed E-state index contributed by atoms with van der Waals surface area (Å²) in [4.78, 5) is 22.9. The van der Waals surface area contributed by atoms with Gasteiger partial charge in [-0.05, 0) is 19.8 Å². The molecule has 3 rings (SSSR count). The minimum Gasteiger partial charge on any atom is -0.354 e. The number of carbonyl (C=O) groups is 1. The Kier molecular flexibility index (Phi) is 2.89. The molecule has 5 nitrogen and oxygen atoms in total. The second-order valence-corrected chi connectivity index (χ2v) is 4.96. The summed E-state index contributed by atoms with van der Waals surface area (Å²) in [7, 11) is 0. The number of anilines is 1. The second kappa shape index (κ2) is 4.55. The van der Waals surface area contributed by atoms with Gasteiger partial charge in [-0.3, -0.25) is 4.79 Å². The molecule has 0 radical (unpaired) electrons. The summed E-state index contributed by atoms with van der Waals surface area (Å²) >= 11 is 0. The van der Waals surface area contributed by atoms with Crippen LogP contribution in [0, 0.1) is 0 Å². The molecule has 0 bridgehead atoms. The van der Waals surface area contributed by atoms with Gasteiger partial charge in [-0.25, -0.2) is 9.97 Å². The molecular weight excluding hydrogens is 228 g/mol. The number of hydrogen-bond acceptors (Lipinski definition) is 4. The Bertz CT molecular complexity index is 468. The summed E-state index contributed by atoms with van der Waals surface area (Å²) in [5.41, 5.74) is 1.56. The van der Waals surface area contributed by atoms with Crippen molar-refractivity contribution in [2.24, 2.45) is 0 Å². The molecule has 1 fully saturated rings. The number of aromatic nitrogens is 2. The maximum Gasteiger partial charge on any atom is 0.257 e. The molecule has 1 aromatic heterocycles. The highest BCUT2D eigenvalue weighted by Gasteiger charge is 2.35. The third-order valence-corrected chi connectivity index (χ3v) is 3.78. The van der Waals surface area contributed by atoms with Crippen molar-refractivity contribution in [3.8, 4) is 0 Å². The molecule has 0 unspecified atom stereocenters. The molecule has 0 saturated heterocycles. The fourth-order valence-electron chi connectivity index (χ4n) is 2.86. The van der Waals surface area contributed by atoms with Gasteiger partial charge >= 0.3 is 0 Å². The number of rotatable bonds is 3. The lowest BCUT2D eigenvalue weighted by molar-refractivity contribution is 0.0706. The lowest BCUT2D eigenvalue weighted by atomic mass is 10.2. The molecule has 1 saturated carbocycles. The molecule has 2 heterocycles. The smallest absolute Gasteiger partial charge is 0.257 e. The Labute approximate surface area is 107 Å². The first-order chi connectivity index (χ1) is 8.79. The maximum absolute atomic E-state index is 12.3. The van der Waals surface area contributed by atoms with E-state index in [4.69, 9.17) is 0 Å². The third kappa shape index (κ3) is 1.83. The fraction of sp³-hybridized carbons (Fsp3) is 0.615. The average molecular weight is 246 g/mol. The normalized spacial score (nSPS) is 19.4. The molecule has 5 heteroatoms. The molecule has 96 valence electrons. The Balaban J connectivity index is 1.83. The first-order valence-corrected chi connectivity index (χ1v) is 6.70. The van der Waals surface area contributed by atoms with Gasteiger partial charge in [0.05, 0.1) is 17.8 Å². The number of nitrogens with one attached hydrogen (secondary N) is 1. The van der Waals surface area contributed by atoms with Crippen molar-refractivity contribution in [1.29, 1.82) is 0 Å². The van der Waals surface area contributed by atoms with Crippen LogP contribution in [-0.2, 0) is 6.54 Å². The first-order valence-electron chi connectivity index (χ1n) is 6.70. The molecule has 0 aromatic carbocycles. The zero-order chi connectivity index (χ0) is 12.5. The third-order valence-electron chi connectivity index (χ3n) is 3.78. The zero-order valence-corrected chi connectivity index (χ0v) is 10.6. The van der Waals surface area contributed by atoms with E-state index >= 15 is 0 Å². The Morgan fingerprint density at radius 2 is 2.22 bits per heavy atom. The van der Waals surface area contributed by atoms with Gasteiger partial charge in [0.25, 0.3) is 5.91 Å². The Morgan fingerprint density at radius 3 is 2.94 bits per heavy atom. The van der Waals surface area contributed by atoms with E-state index in [1.165, 1.54) is 12.8 Å². The van der Waals surface area contributed by atoms with Crippen molar-refractivity contribution in [3.05, 3.63) is 17.5 Å². The van der Waals surface area contributed by atoms with E-state index in [-0.39, 0.29) is 5.91 Å². The minimum atomic E-state index is 0.111. The van der Waals surface area contributed by atoms with Gasteiger partial charge < -0.3 is 10.2 Å². The number of hydrogen-bond donors (Lipinski definition) is 1.